The highest BCUT2D eigenvalue weighted by atomic mass is 16.4. The molecule has 0 radical (unpaired) electrons. The maximum absolute atomic E-state index is 10.3. The molecule has 0 aromatic heterocycles. The van der Waals surface area contributed by atoms with Crippen molar-refractivity contribution in [3.05, 3.63) is 0 Å². The molecular formula is C8H18BNO2. The summed E-state index contributed by atoms with van der Waals surface area (Å²) in [6, 6.07) is 0. The molecule has 0 aromatic carbocycles. The van der Waals surface area contributed by atoms with Gasteiger partial charge in [-0.2, -0.15) is 0 Å². The summed E-state index contributed by atoms with van der Waals surface area (Å²) in [6.07, 6.45) is 0.239. The van der Waals surface area contributed by atoms with Crippen molar-refractivity contribution in [3.63, 3.8) is 0 Å². The Morgan fingerprint density at radius 3 is 2.42 bits per heavy atom. The summed E-state index contributed by atoms with van der Waals surface area (Å²) in [6.45, 7) is 6.97. The second kappa shape index (κ2) is 4.50. The first-order chi connectivity index (χ1) is 5.31. The maximum Gasteiger partial charge on any atom is 0.302 e. The van der Waals surface area contributed by atoms with E-state index in [0.717, 1.165) is 6.54 Å². The molecule has 3 nitrogen and oxygen atoms in total. The molecule has 0 aromatic rings. The summed E-state index contributed by atoms with van der Waals surface area (Å²) >= 11 is 0. The van der Waals surface area contributed by atoms with E-state index in [-0.39, 0.29) is 17.8 Å². The molecule has 70 valence electrons. The first kappa shape index (κ1) is 11.5. The molecule has 0 bridgehead atoms. The van der Waals surface area contributed by atoms with Crippen LogP contribution in [0.25, 0.3) is 0 Å². The van der Waals surface area contributed by atoms with Gasteiger partial charge in [0.2, 0.25) is 0 Å². The van der Waals surface area contributed by atoms with Crippen molar-refractivity contribution in [2.75, 3.05) is 6.54 Å². The summed E-state index contributed by atoms with van der Waals surface area (Å²) in [4.78, 5) is 10.3. The Hall–Kier alpha value is -0.505. The lowest BCUT2D eigenvalue weighted by Crippen LogP contribution is -2.38. The van der Waals surface area contributed by atoms with Gasteiger partial charge < -0.3 is 10.4 Å². The van der Waals surface area contributed by atoms with Crippen LogP contribution in [0.2, 0.25) is 5.82 Å². The average Bonchev–Trinajstić information content (AvgIpc) is 1.80. The van der Waals surface area contributed by atoms with Crippen molar-refractivity contribution in [3.8, 4) is 0 Å². The lowest BCUT2D eigenvalue weighted by molar-refractivity contribution is -0.137. The van der Waals surface area contributed by atoms with Gasteiger partial charge in [0.05, 0.1) is 0 Å². The minimum atomic E-state index is -0.724. The lowest BCUT2D eigenvalue weighted by Gasteiger charge is -2.22. The minimum Gasteiger partial charge on any atom is -0.481 e. The summed E-state index contributed by atoms with van der Waals surface area (Å²) in [7, 11) is 1.94. The molecule has 0 aliphatic carbocycles. The zero-order valence-electron chi connectivity index (χ0n) is 8.35. The lowest BCUT2D eigenvalue weighted by atomic mass is 9.84. The third-order valence-electron chi connectivity index (χ3n) is 1.50. The van der Waals surface area contributed by atoms with Gasteiger partial charge in [0.15, 0.2) is 0 Å². The highest BCUT2D eigenvalue weighted by Gasteiger charge is 2.12. The van der Waals surface area contributed by atoms with E-state index in [2.05, 4.69) is 26.1 Å². The van der Waals surface area contributed by atoms with Crippen LogP contribution in [0, 0.1) is 0 Å². The zero-order chi connectivity index (χ0) is 9.78. The van der Waals surface area contributed by atoms with Crippen molar-refractivity contribution < 1.29 is 9.90 Å². The smallest absolute Gasteiger partial charge is 0.302 e. The van der Waals surface area contributed by atoms with Crippen LogP contribution in [0.15, 0.2) is 0 Å². The first-order valence-corrected chi connectivity index (χ1v) is 4.28. The van der Waals surface area contributed by atoms with Gasteiger partial charge in [-0.05, 0) is 33.1 Å². The van der Waals surface area contributed by atoms with Crippen LogP contribution in [-0.4, -0.2) is 31.0 Å². The zero-order valence-corrected chi connectivity index (χ0v) is 8.35. The van der Waals surface area contributed by atoms with Crippen LogP contribution in [-0.2, 0) is 4.79 Å². The Balaban J connectivity index is 3.57. The predicted octanol–water partition coefficient (Wildman–Crippen LogP) is 0.271. The molecule has 0 saturated carbocycles. The second-order valence-corrected chi connectivity index (χ2v) is 4.33. The number of rotatable bonds is 4. The van der Waals surface area contributed by atoms with Gasteiger partial charge >= 0.3 is 5.97 Å². The SMILES string of the molecule is BC(CNC(C)(C)C)CC(=O)O. The second-order valence-electron chi connectivity index (χ2n) is 4.33. The Kier molecular flexibility index (Phi) is 4.31. The number of hydrogen-bond donors (Lipinski definition) is 2. The molecule has 4 heteroatoms. The van der Waals surface area contributed by atoms with Gasteiger partial charge in [0, 0.05) is 12.0 Å². The molecule has 2 N–H and O–H groups in total. The fourth-order valence-corrected chi connectivity index (χ4v) is 0.851. The number of nitrogens with one attached hydrogen (secondary N) is 1. The maximum atomic E-state index is 10.3. The van der Waals surface area contributed by atoms with Crippen molar-refractivity contribution in [1.82, 2.24) is 5.32 Å². The Labute approximate surface area is 75.0 Å². The molecule has 0 rings (SSSR count). The van der Waals surface area contributed by atoms with E-state index in [1.54, 1.807) is 0 Å². The molecule has 12 heavy (non-hydrogen) atoms. The highest BCUT2D eigenvalue weighted by Crippen LogP contribution is 2.06. The summed E-state index contributed by atoms with van der Waals surface area (Å²) in [5, 5.41) is 11.7. The van der Waals surface area contributed by atoms with Gasteiger partial charge in [-0.15, -0.1) is 0 Å². The van der Waals surface area contributed by atoms with Crippen molar-refractivity contribution in [2.45, 2.75) is 38.5 Å². The van der Waals surface area contributed by atoms with E-state index >= 15 is 0 Å². The van der Waals surface area contributed by atoms with E-state index in [9.17, 15) is 4.79 Å². The van der Waals surface area contributed by atoms with Gasteiger partial charge in [0.1, 0.15) is 7.85 Å². The van der Waals surface area contributed by atoms with E-state index in [1.807, 2.05) is 7.85 Å². The largest absolute Gasteiger partial charge is 0.481 e. The normalized spacial score (nSPS) is 14.2. The van der Waals surface area contributed by atoms with E-state index < -0.39 is 5.97 Å². The summed E-state index contributed by atoms with van der Waals surface area (Å²) in [5.41, 5.74) is 0.0762. The van der Waals surface area contributed by atoms with Crippen molar-refractivity contribution in [1.29, 1.82) is 0 Å². The fraction of sp³-hybridized carbons (Fsp3) is 0.875. The first-order valence-electron chi connectivity index (χ1n) is 4.28. The van der Waals surface area contributed by atoms with Crippen molar-refractivity contribution in [2.24, 2.45) is 0 Å². The van der Waals surface area contributed by atoms with Gasteiger partial charge in [-0.1, -0.05) is 0 Å². The monoisotopic (exact) mass is 171 g/mol. The topological polar surface area (TPSA) is 49.3 Å². The Bertz CT molecular complexity index is 154. The quantitative estimate of drug-likeness (QED) is 0.597. The van der Waals surface area contributed by atoms with E-state index in [0.29, 0.717) is 0 Å². The average molecular weight is 171 g/mol. The minimum absolute atomic E-state index is 0.0762. The van der Waals surface area contributed by atoms with Crippen LogP contribution in [0.3, 0.4) is 0 Å². The predicted molar refractivity (Wildman–Crippen MR) is 52.3 cm³/mol. The number of carbonyl (C=O) groups is 1. The Morgan fingerprint density at radius 1 is 1.58 bits per heavy atom. The molecule has 1 atom stereocenters. The molecule has 0 spiro atoms. The molecule has 0 aliphatic rings. The van der Waals surface area contributed by atoms with Crippen LogP contribution in [0.5, 0.6) is 0 Å². The van der Waals surface area contributed by atoms with Gasteiger partial charge in [-0.25, -0.2) is 0 Å². The molecular weight excluding hydrogens is 153 g/mol. The number of hydrogen-bond acceptors (Lipinski definition) is 2. The van der Waals surface area contributed by atoms with Crippen LogP contribution in [0.1, 0.15) is 27.2 Å². The van der Waals surface area contributed by atoms with Crippen molar-refractivity contribution >= 4 is 13.8 Å². The number of aliphatic carboxylic acids is 1. The number of carboxylic acids is 1. The third-order valence-corrected chi connectivity index (χ3v) is 1.50. The summed E-state index contributed by atoms with van der Waals surface area (Å²) < 4.78 is 0. The fourth-order valence-electron chi connectivity index (χ4n) is 0.851. The van der Waals surface area contributed by atoms with E-state index in [4.69, 9.17) is 5.11 Å². The standard InChI is InChI=1S/C8H18BNO2/c1-8(2,3)10-5-6(9)4-7(11)12/h6,10H,4-5,9H2,1-3H3,(H,11,12). The molecule has 0 fully saturated rings. The van der Waals surface area contributed by atoms with Gasteiger partial charge in [-0.3, -0.25) is 4.79 Å². The number of carboxylic acid groups (broad SMARTS) is 1. The summed E-state index contributed by atoms with van der Waals surface area (Å²) in [5.74, 6) is -0.528. The van der Waals surface area contributed by atoms with Crippen LogP contribution in [0.4, 0.5) is 0 Å². The van der Waals surface area contributed by atoms with E-state index in [1.165, 1.54) is 0 Å². The third kappa shape index (κ3) is 7.60. The molecule has 0 heterocycles. The van der Waals surface area contributed by atoms with Gasteiger partial charge in [0.25, 0.3) is 0 Å². The molecule has 0 saturated heterocycles. The molecule has 0 aliphatic heterocycles. The highest BCUT2D eigenvalue weighted by molar-refractivity contribution is 6.13. The van der Waals surface area contributed by atoms with Crippen LogP contribution < -0.4 is 5.32 Å². The molecule has 0 amide bonds. The molecule has 1 unspecified atom stereocenters. The van der Waals surface area contributed by atoms with Crippen LogP contribution >= 0.6 is 0 Å². The Morgan fingerprint density at radius 2 is 2.08 bits per heavy atom.